The predicted molar refractivity (Wildman–Crippen MR) is 91.3 cm³/mol. The summed E-state index contributed by atoms with van der Waals surface area (Å²) in [5.41, 5.74) is 2.34. The number of hydrogen-bond acceptors (Lipinski definition) is 4. The third-order valence-electron chi connectivity index (χ3n) is 4.78. The molecular weight excluding hydrogens is 318 g/mol. The maximum atomic E-state index is 12.7. The maximum absolute atomic E-state index is 12.7. The number of nitrogens with one attached hydrogen (secondary N) is 2. The number of halogens is 1. The first-order valence-electron chi connectivity index (χ1n) is 7.85. The van der Waals surface area contributed by atoms with Gasteiger partial charge in [-0.3, -0.25) is 4.98 Å². The van der Waals surface area contributed by atoms with Gasteiger partial charge in [0.25, 0.3) is 0 Å². The van der Waals surface area contributed by atoms with E-state index < -0.39 is 11.4 Å². The lowest BCUT2D eigenvalue weighted by molar-refractivity contribution is 0.162. The summed E-state index contributed by atoms with van der Waals surface area (Å²) in [7, 11) is 0. The average molecular weight is 342 g/mol. The highest BCUT2D eigenvalue weighted by Gasteiger charge is 2.50. The van der Waals surface area contributed by atoms with Crippen LogP contribution in [0.2, 0.25) is 5.02 Å². The van der Waals surface area contributed by atoms with E-state index in [2.05, 4.69) is 15.0 Å². The van der Waals surface area contributed by atoms with Crippen molar-refractivity contribution < 1.29 is 4.55 Å². The van der Waals surface area contributed by atoms with Crippen LogP contribution in [-0.2, 0) is 17.8 Å². The second-order valence-corrected chi connectivity index (χ2v) is 9.85. The third-order valence-corrected chi connectivity index (χ3v) is 6.55. The minimum absolute atomic E-state index is 0.0434. The van der Waals surface area contributed by atoms with Crippen LogP contribution in [0.1, 0.15) is 50.9 Å². The van der Waals surface area contributed by atoms with Crippen LogP contribution in [0.4, 0.5) is 0 Å². The number of nitrogens with zero attached hydrogens (tertiary/aromatic N) is 1. The Morgan fingerprint density at radius 2 is 2.09 bits per heavy atom. The second kappa shape index (κ2) is 5.95. The number of hydrogen-bond donors (Lipinski definition) is 2. The quantitative estimate of drug-likeness (QED) is 0.812. The Bertz CT molecular complexity index is 555. The van der Waals surface area contributed by atoms with Gasteiger partial charge in [0.15, 0.2) is 0 Å². The summed E-state index contributed by atoms with van der Waals surface area (Å²) in [6, 6.07) is 2.07. The first-order valence-corrected chi connectivity index (χ1v) is 9.38. The Labute approximate surface area is 140 Å². The normalized spacial score (nSPS) is 25.2. The Morgan fingerprint density at radius 1 is 1.41 bits per heavy atom. The Balaban J connectivity index is 1.94. The zero-order chi connectivity index (χ0) is 16.0. The van der Waals surface area contributed by atoms with Crippen LogP contribution in [0.5, 0.6) is 0 Å². The van der Waals surface area contributed by atoms with Gasteiger partial charge in [-0.2, -0.15) is 0 Å². The molecule has 1 spiro atoms. The molecule has 6 heteroatoms. The number of rotatable bonds is 2. The molecule has 122 valence electrons. The average Bonchev–Trinajstić information content (AvgIpc) is 2.71. The third kappa shape index (κ3) is 3.02. The van der Waals surface area contributed by atoms with Crippen LogP contribution in [0.25, 0.3) is 0 Å². The molecule has 0 radical (unpaired) electrons. The predicted octanol–water partition coefficient (Wildman–Crippen LogP) is 2.75. The van der Waals surface area contributed by atoms with Crippen molar-refractivity contribution in [3.8, 4) is 0 Å². The molecule has 3 rings (SSSR count). The summed E-state index contributed by atoms with van der Waals surface area (Å²) in [5.74, 6) is 0. The van der Waals surface area contributed by atoms with E-state index in [0.29, 0.717) is 5.02 Å². The van der Waals surface area contributed by atoms with Crippen molar-refractivity contribution in [2.75, 3.05) is 13.1 Å². The topological polar surface area (TPSA) is 60.0 Å². The lowest BCUT2D eigenvalue weighted by Gasteiger charge is -2.40. The largest absolute Gasteiger partial charge is 0.598 e. The highest BCUT2D eigenvalue weighted by atomic mass is 35.5. The maximum Gasteiger partial charge on any atom is 0.136 e. The van der Waals surface area contributed by atoms with E-state index in [1.165, 1.54) is 5.56 Å². The molecule has 2 aliphatic rings. The van der Waals surface area contributed by atoms with Crippen LogP contribution in [0.3, 0.4) is 0 Å². The van der Waals surface area contributed by atoms with Crippen LogP contribution in [0.15, 0.2) is 12.3 Å². The minimum atomic E-state index is -1.11. The molecule has 22 heavy (non-hydrogen) atoms. The van der Waals surface area contributed by atoms with Gasteiger partial charge in [-0.25, -0.2) is 0 Å². The number of pyridine rings is 1. The molecule has 1 aromatic heterocycles. The van der Waals surface area contributed by atoms with Gasteiger partial charge >= 0.3 is 0 Å². The van der Waals surface area contributed by atoms with Crippen molar-refractivity contribution in [2.24, 2.45) is 5.41 Å². The van der Waals surface area contributed by atoms with Gasteiger partial charge in [-0.1, -0.05) is 11.6 Å². The number of fused-ring (bicyclic) bond motifs is 1. The molecule has 0 saturated carbocycles. The molecule has 2 N–H and O–H groups in total. The van der Waals surface area contributed by atoms with E-state index in [0.717, 1.165) is 38.0 Å². The van der Waals surface area contributed by atoms with Gasteiger partial charge in [0.05, 0.1) is 10.7 Å². The molecule has 1 fully saturated rings. The first-order chi connectivity index (χ1) is 10.3. The van der Waals surface area contributed by atoms with Crippen molar-refractivity contribution in [1.29, 1.82) is 0 Å². The summed E-state index contributed by atoms with van der Waals surface area (Å²) < 4.78 is 15.8. The van der Waals surface area contributed by atoms with Crippen LogP contribution in [-0.4, -0.2) is 27.4 Å². The van der Waals surface area contributed by atoms with Crippen molar-refractivity contribution >= 4 is 23.0 Å². The monoisotopic (exact) mass is 341 g/mol. The molecule has 0 aromatic carbocycles. The fourth-order valence-electron chi connectivity index (χ4n) is 3.52. The van der Waals surface area contributed by atoms with E-state index in [1.807, 2.05) is 26.8 Å². The molecule has 1 aliphatic heterocycles. The lowest BCUT2D eigenvalue weighted by atomic mass is 9.74. The fourth-order valence-corrected chi connectivity index (χ4v) is 4.63. The highest BCUT2D eigenvalue weighted by molar-refractivity contribution is 7.90. The van der Waals surface area contributed by atoms with E-state index >= 15 is 0 Å². The zero-order valence-electron chi connectivity index (χ0n) is 13.4. The molecule has 2 heterocycles. The molecule has 0 amide bonds. The molecule has 0 bridgehead atoms. The van der Waals surface area contributed by atoms with Crippen molar-refractivity contribution in [3.05, 3.63) is 28.5 Å². The lowest BCUT2D eigenvalue weighted by Crippen LogP contribution is -2.49. The molecule has 1 aromatic rings. The van der Waals surface area contributed by atoms with Gasteiger partial charge in [-0.15, -0.1) is 4.72 Å². The SMILES string of the molecule is CC(C)(C)[S@@+]([O-])NC1c2ncc(Cl)cc2CC12CCNCC2. The van der Waals surface area contributed by atoms with Gasteiger partial charge < -0.3 is 9.87 Å². The summed E-state index contributed by atoms with van der Waals surface area (Å²) in [6.07, 6.45) is 4.81. The van der Waals surface area contributed by atoms with E-state index in [1.54, 1.807) is 6.20 Å². The van der Waals surface area contributed by atoms with Crippen molar-refractivity contribution in [1.82, 2.24) is 15.0 Å². The standard InChI is InChI=1S/C16H24ClN3OS/c1-15(2,3)22(21)20-14-13-11(8-12(17)10-19-13)9-16(14)4-6-18-7-5-16/h8,10,14,18,20H,4-7,9H2,1-3H3/t14?,22-/m1/s1. The van der Waals surface area contributed by atoms with Gasteiger partial charge in [0, 0.05) is 23.0 Å². The first kappa shape index (κ1) is 16.5. The Kier molecular flexibility index (Phi) is 4.47. The van der Waals surface area contributed by atoms with E-state index in [-0.39, 0.29) is 16.2 Å². The van der Waals surface area contributed by atoms with Crippen LogP contribution in [0, 0.1) is 5.41 Å². The van der Waals surface area contributed by atoms with Crippen LogP contribution >= 0.6 is 11.6 Å². The highest BCUT2D eigenvalue weighted by Crippen LogP contribution is 2.51. The second-order valence-electron chi connectivity index (χ2n) is 7.42. The molecule has 1 unspecified atom stereocenters. The van der Waals surface area contributed by atoms with Crippen molar-refractivity contribution in [3.63, 3.8) is 0 Å². The van der Waals surface area contributed by atoms with Crippen molar-refractivity contribution in [2.45, 2.75) is 50.8 Å². The molecule has 1 saturated heterocycles. The summed E-state index contributed by atoms with van der Waals surface area (Å²) in [6.45, 7) is 7.99. The molecule has 4 nitrogen and oxygen atoms in total. The number of piperidine rings is 1. The zero-order valence-corrected chi connectivity index (χ0v) is 15.0. The van der Waals surface area contributed by atoms with Gasteiger partial charge in [-0.05, 0) is 64.8 Å². The fraction of sp³-hybridized carbons (Fsp3) is 0.688. The Morgan fingerprint density at radius 3 is 2.73 bits per heavy atom. The Hall–Kier alpha value is -0.330. The smallest absolute Gasteiger partial charge is 0.136 e. The van der Waals surface area contributed by atoms with Gasteiger partial charge in [0.2, 0.25) is 0 Å². The summed E-state index contributed by atoms with van der Waals surface area (Å²) in [5, 5.41) is 4.11. The summed E-state index contributed by atoms with van der Waals surface area (Å²) in [4.78, 5) is 4.58. The molecule has 2 atom stereocenters. The summed E-state index contributed by atoms with van der Waals surface area (Å²) >= 11 is 5.01. The molecular formula is C16H24ClN3OS. The van der Waals surface area contributed by atoms with E-state index in [4.69, 9.17) is 11.6 Å². The van der Waals surface area contributed by atoms with E-state index in [9.17, 15) is 4.55 Å². The van der Waals surface area contributed by atoms with Gasteiger partial charge in [0.1, 0.15) is 10.8 Å². The van der Waals surface area contributed by atoms with Crippen LogP contribution < -0.4 is 10.0 Å². The minimum Gasteiger partial charge on any atom is -0.598 e. The molecule has 1 aliphatic carbocycles. The number of aromatic nitrogens is 1.